The first kappa shape index (κ1) is 14.1. The number of aliphatic carboxylic acids is 1. The number of nitrogens with one attached hydrogen (secondary N) is 1. The number of benzene rings is 1. The van der Waals surface area contributed by atoms with Crippen LogP contribution in [-0.4, -0.2) is 41.8 Å². The Morgan fingerprint density at radius 1 is 1.55 bits per heavy atom. The summed E-state index contributed by atoms with van der Waals surface area (Å²) >= 11 is 0. The summed E-state index contributed by atoms with van der Waals surface area (Å²) in [5.41, 5.74) is -1.19. The second kappa shape index (κ2) is 5.33. The minimum atomic E-state index is -1.01. The summed E-state index contributed by atoms with van der Waals surface area (Å²) in [6, 6.07) is 4.19. The van der Waals surface area contributed by atoms with Gasteiger partial charge >= 0.3 is 11.7 Å². The van der Waals surface area contributed by atoms with Crippen molar-refractivity contribution in [1.82, 2.24) is 5.32 Å². The summed E-state index contributed by atoms with van der Waals surface area (Å²) < 4.78 is 10.5. The van der Waals surface area contributed by atoms with Gasteiger partial charge in [-0.3, -0.25) is 14.9 Å². The van der Waals surface area contributed by atoms with Gasteiger partial charge in [0.2, 0.25) is 0 Å². The molecule has 0 aliphatic carbocycles. The summed E-state index contributed by atoms with van der Waals surface area (Å²) in [6.45, 7) is 0.672. The molecule has 0 spiro atoms. The van der Waals surface area contributed by atoms with E-state index in [0.29, 0.717) is 18.8 Å². The predicted octanol–water partition coefficient (Wildman–Crippen LogP) is 0.799. The van der Waals surface area contributed by atoms with E-state index >= 15 is 0 Å². The summed E-state index contributed by atoms with van der Waals surface area (Å²) in [5.74, 6) is -0.635. The van der Waals surface area contributed by atoms with E-state index in [9.17, 15) is 14.9 Å². The maximum Gasteiger partial charge on any atom is 0.314 e. The van der Waals surface area contributed by atoms with Crippen molar-refractivity contribution in [3.05, 3.63) is 28.3 Å². The van der Waals surface area contributed by atoms with Gasteiger partial charge in [-0.15, -0.1) is 0 Å². The third kappa shape index (κ3) is 2.80. The van der Waals surface area contributed by atoms with Crippen LogP contribution in [0.4, 0.5) is 5.69 Å². The minimum Gasteiger partial charge on any atom is -0.496 e. The Kier molecular flexibility index (Phi) is 3.75. The van der Waals surface area contributed by atoms with Crippen LogP contribution >= 0.6 is 0 Å². The fourth-order valence-electron chi connectivity index (χ4n) is 2.00. The van der Waals surface area contributed by atoms with E-state index in [-0.39, 0.29) is 17.9 Å². The lowest BCUT2D eigenvalue weighted by molar-refractivity contribution is -0.386. The Morgan fingerprint density at radius 3 is 2.70 bits per heavy atom. The Bertz CT molecular complexity index is 541. The summed E-state index contributed by atoms with van der Waals surface area (Å²) in [5, 5.41) is 22.8. The third-order valence-electron chi connectivity index (χ3n) is 3.06. The van der Waals surface area contributed by atoms with Crippen LogP contribution in [0.3, 0.4) is 0 Å². The molecule has 108 valence electrons. The molecule has 0 saturated carbocycles. The van der Waals surface area contributed by atoms with Gasteiger partial charge in [-0.05, 0) is 12.1 Å². The lowest BCUT2D eigenvalue weighted by atomic mass is 9.92. The molecule has 1 aromatic carbocycles. The first-order valence-electron chi connectivity index (χ1n) is 5.90. The van der Waals surface area contributed by atoms with Gasteiger partial charge in [0, 0.05) is 13.1 Å². The standard InChI is InChI=1S/C12H14N2O6/c1-19-8-2-3-10(9(4-8)14(17)18)20-12(5-11(15)16)6-13-7-12/h2-4,13H,5-7H2,1H3,(H,15,16). The topological polar surface area (TPSA) is 111 Å². The fourth-order valence-corrected chi connectivity index (χ4v) is 2.00. The Labute approximate surface area is 114 Å². The molecule has 20 heavy (non-hydrogen) atoms. The molecule has 8 nitrogen and oxygen atoms in total. The highest BCUT2D eigenvalue weighted by atomic mass is 16.6. The largest absolute Gasteiger partial charge is 0.496 e. The van der Waals surface area contributed by atoms with Crippen LogP contribution in [-0.2, 0) is 4.79 Å². The van der Waals surface area contributed by atoms with Gasteiger partial charge < -0.3 is 19.9 Å². The van der Waals surface area contributed by atoms with E-state index in [0.717, 1.165) is 0 Å². The highest BCUT2D eigenvalue weighted by Crippen LogP contribution is 2.35. The molecule has 0 radical (unpaired) electrons. The second-order valence-electron chi connectivity index (χ2n) is 4.55. The molecule has 1 fully saturated rings. The maximum absolute atomic E-state index is 11.0. The zero-order valence-corrected chi connectivity index (χ0v) is 10.8. The molecule has 0 aromatic heterocycles. The quantitative estimate of drug-likeness (QED) is 0.586. The lowest BCUT2D eigenvalue weighted by Crippen LogP contribution is -2.64. The molecule has 0 bridgehead atoms. The van der Waals surface area contributed by atoms with Crippen LogP contribution in [0.1, 0.15) is 6.42 Å². The Balaban J connectivity index is 2.28. The van der Waals surface area contributed by atoms with E-state index in [4.69, 9.17) is 14.6 Å². The number of nitro benzene ring substituents is 1. The van der Waals surface area contributed by atoms with Crippen LogP contribution in [0, 0.1) is 10.1 Å². The first-order valence-corrected chi connectivity index (χ1v) is 5.90. The highest BCUT2D eigenvalue weighted by molar-refractivity contribution is 5.69. The Hall–Kier alpha value is -2.35. The third-order valence-corrected chi connectivity index (χ3v) is 3.06. The summed E-state index contributed by atoms with van der Waals surface area (Å²) in [4.78, 5) is 21.3. The van der Waals surface area contributed by atoms with Crippen LogP contribution < -0.4 is 14.8 Å². The van der Waals surface area contributed by atoms with E-state index in [1.807, 2.05) is 0 Å². The zero-order valence-electron chi connectivity index (χ0n) is 10.8. The molecule has 0 unspecified atom stereocenters. The van der Waals surface area contributed by atoms with E-state index in [1.165, 1.54) is 25.3 Å². The summed E-state index contributed by atoms with van der Waals surface area (Å²) in [6.07, 6.45) is -0.219. The number of nitrogens with zero attached hydrogens (tertiary/aromatic N) is 1. The van der Waals surface area contributed by atoms with Crippen molar-refractivity contribution >= 4 is 11.7 Å². The van der Waals surface area contributed by atoms with Gasteiger partial charge in [0.15, 0.2) is 5.75 Å². The Morgan fingerprint density at radius 2 is 2.25 bits per heavy atom. The summed E-state index contributed by atoms with van der Waals surface area (Å²) in [7, 11) is 1.40. The lowest BCUT2D eigenvalue weighted by Gasteiger charge is -2.41. The number of nitro groups is 1. The molecule has 8 heteroatoms. The van der Waals surface area contributed by atoms with Crippen molar-refractivity contribution in [2.75, 3.05) is 20.2 Å². The van der Waals surface area contributed by atoms with Gasteiger partial charge in [-0.25, -0.2) is 0 Å². The van der Waals surface area contributed by atoms with Crippen molar-refractivity contribution in [1.29, 1.82) is 0 Å². The first-order chi connectivity index (χ1) is 9.46. The number of carboxylic acid groups (broad SMARTS) is 1. The van der Waals surface area contributed by atoms with E-state index in [1.54, 1.807) is 0 Å². The smallest absolute Gasteiger partial charge is 0.314 e. The zero-order chi connectivity index (χ0) is 14.8. The molecule has 0 amide bonds. The molecular weight excluding hydrogens is 268 g/mol. The number of hydrogen-bond donors (Lipinski definition) is 2. The molecule has 1 saturated heterocycles. The monoisotopic (exact) mass is 282 g/mol. The fraction of sp³-hybridized carbons (Fsp3) is 0.417. The number of hydrogen-bond acceptors (Lipinski definition) is 6. The number of carbonyl (C=O) groups is 1. The molecule has 2 N–H and O–H groups in total. The van der Waals surface area contributed by atoms with Crippen molar-refractivity contribution in [3.63, 3.8) is 0 Å². The van der Waals surface area contributed by atoms with Gasteiger partial charge in [-0.2, -0.15) is 0 Å². The normalized spacial score (nSPS) is 16.1. The maximum atomic E-state index is 11.0. The van der Waals surface area contributed by atoms with E-state index in [2.05, 4.69) is 5.32 Å². The van der Waals surface area contributed by atoms with Gasteiger partial charge in [0.1, 0.15) is 11.4 Å². The van der Waals surface area contributed by atoms with Gasteiger partial charge in [0.25, 0.3) is 0 Å². The van der Waals surface area contributed by atoms with Crippen LogP contribution in [0.15, 0.2) is 18.2 Å². The average molecular weight is 282 g/mol. The van der Waals surface area contributed by atoms with Crippen LogP contribution in [0.5, 0.6) is 11.5 Å². The minimum absolute atomic E-state index is 0.0403. The molecule has 1 heterocycles. The highest BCUT2D eigenvalue weighted by Gasteiger charge is 2.42. The SMILES string of the molecule is COc1ccc(OC2(CC(=O)O)CNC2)c([N+](=O)[O-])c1. The number of ether oxygens (including phenoxy) is 2. The van der Waals surface area contributed by atoms with Crippen molar-refractivity contribution < 1.29 is 24.3 Å². The number of methoxy groups -OCH3 is 1. The van der Waals surface area contributed by atoms with Crippen molar-refractivity contribution in [2.45, 2.75) is 12.0 Å². The van der Waals surface area contributed by atoms with Gasteiger partial charge in [0.05, 0.1) is 24.5 Å². The number of carboxylic acids is 1. The number of rotatable bonds is 6. The molecule has 0 atom stereocenters. The van der Waals surface area contributed by atoms with Crippen LogP contribution in [0.2, 0.25) is 0 Å². The molecular formula is C12H14N2O6. The van der Waals surface area contributed by atoms with Crippen molar-refractivity contribution in [2.24, 2.45) is 0 Å². The van der Waals surface area contributed by atoms with E-state index < -0.39 is 16.5 Å². The predicted molar refractivity (Wildman–Crippen MR) is 68.1 cm³/mol. The molecule has 1 aromatic rings. The van der Waals surface area contributed by atoms with Crippen molar-refractivity contribution in [3.8, 4) is 11.5 Å². The van der Waals surface area contributed by atoms with Crippen LogP contribution in [0.25, 0.3) is 0 Å². The van der Waals surface area contributed by atoms with Gasteiger partial charge in [-0.1, -0.05) is 0 Å². The molecule has 2 rings (SSSR count). The average Bonchev–Trinajstić information content (AvgIpc) is 2.35. The second-order valence-corrected chi connectivity index (χ2v) is 4.55. The molecule has 1 aliphatic rings. The molecule has 1 aliphatic heterocycles.